The van der Waals surface area contributed by atoms with Crippen LogP contribution in [0, 0.1) is 34.0 Å². The molecule has 2 heterocycles. The topological polar surface area (TPSA) is 32.7 Å². The van der Waals surface area contributed by atoms with E-state index in [4.69, 9.17) is 4.74 Å². The molecule has 6 fully saturated rings. The van der Waals surface area contributed by atoms with Crippen molar-refractivity contribution in [1.29, 1.82) is 0 Å². The van der Waals surface area contributed by atoms with Gasteiger partial charge in [-0.15, -0.1) is 0 Å². The van der Waals surface area contributed by atoms with E-state index in [2.05, 4.69) is 18.4 Å². The van der Waals surface area contributed by atoms with Crippen LogP contribution in [-0.4, -0.2) is 42.0 Å². The smallest absolute Gasteiger partial charge is 0.117 e. The van der Waals surface area contributed by atoms with Crippen molar-refractivity contribution in [2.75, 3.05) is 19.7 Å². The maximum atomic E-state index is 11.3. The molecule has 4 aliphatic carbocycles. The predicted molar refractivity (Wildman–Crippen MR) is 96.8 cm³/mol. The van der Waals surface area contributed by atoms with Crippen LogP contribution in [0.4, 0.5) is 0 Å². The molecule has 0 amide bonds. The summed E-state index contributed by atoms with van der Waals surface area (Å²) in [5.74, 6) is 2.01. The van der Waals surface area contributed by atoms with Gasteiger partial charge < -0.3 is 9.84 Å². The summed E-state index contributed by atoms with van der Waals surface area (Å²) in [6.07, 6.45) is 10.4. The molecule has 0 aromatic rings. The van der Waals surface area contributed by atoms with E-state index in [1.54, 1.807) is 0 Å². The highest BCUT2D eigenvalue weighted by molar-refractivity contribution is 5.29. The number of piperidine rings is 1. The zero-order valence-electron chi connectivity index (χ0n) is 15.7. The van der Waals surface area contributed by atoms with Crippen LogP contribution >= 0.6 is 0 Å². The summed E-state index contributed by atoms with van der Waals surface area (Å²) >= 11 is 0. The third-order valence-corrected chi connectivity index (χ3v) is 9.95. The lowest BCUT2D eigenvalue weighted by atomic mass is 9.38. The maximum absolute atomic E-state index is 11.3. The van der Waals surface area contributed by atoms with Crippen molar-refractivity contribution >= 4 is 0 Å². The third-order valence-electron chi connectivity index (χ3n) is 9.95. The number of aliphatic hydroxyl groups is 1. The van der Waals surface area contributed by atoms with E-state index in [1.165, 1.54) is 57.9 Å². The second-order valence-corrected chi connectivity index (χ2v) is 10.6. The second kappa shape index (κ2) is 4.72. The Hall–Kier alpha value is -0.380. The molecule has 1 spiro atoms. The normalized spacial score (nSPS) is 60.1. The van der Waals surface area contributed by atoms with Crippen molar-refractivity contribution in [3.8, 4) is 0 Å². The lowest BCUT2D eigenvalue weighted by Crippen LogP contribution is -2.71. The standard InChI is InChI=1S/C22H33NO2/c1-14-15-4-5-17-21(12-15,18(14)24)9-6-16-20(2)7-3-8-22(16,17)19-23(13-20)10-11-25-19/h15-19,24H,1,3-13H2,2H3/t15?,16?,17?,18-,19-,20-,21?,22-/m0/s1. The molecule has 0 radical (unpaired) electrons. The molecule has 6 aliphatic rings. The van der Waals surface area contributed by atoms with Gasteiger partial charge in [0.2, 0.25) is 0 Å². The highest BCUT2D eigenvalue weighted by Crippen LogP contribution is 2.75. The average Bonchev–Trinajstić information content (AvgIpc) is 3.12. The number of ether oxygens (including phenoxy) is 1. The fraction of sp³-hybridized carbons (Fsp3) is 0.909. The fourth-order valence-electron chi connectivity index (χ4n) is 9.31. The Balaban J connectivity index is 1.53. The molecule has 6 rings (SSSR count). The van der Waals surface area contributed by atoms with Crippen molar-refractivity contribution in [3.63, 3.8) is 0 Å². The molecule has 4 unspecified atom stereocenters. The summed E-state index contributed by atoms with van der Waals surface area (Å²) in [6.45, 7) is 10.2. The Bertz CT molecular complexity index is 634. The molecule has 3 heteroatoms. The molecule has 0 aromatic carbocycles. The first-order valence-corrected chi connectivity index (χ1v) is 10.7. The average molecular weight is 344 g/mol. The molecule has 4 bridgehead atoms. The Kier molecular flexibility index (Phi) is 2.95. The summed E-state index contributed by atoms with van der Waals surface area (Å²) in [4.78, 5) is 2.69. The first-order valence-electron chi connectivity index (χ1n) is 10.7. The van der Waals surface area contributed by atoms with Gasteiger partial charge >= 0.3 is 0 Å². The number of nitrogens with zero attached hydrogens (tertiary/aromatic N) is 1. The quantitative estimate of drug-likeness (QED) is 0.683. The van der Waals surface area contributed by atoms with Crippen LogP contribution in [0.3, 0.4) is 0 Å². The lowest BCUT2D eigenvalue weighted by molar-refractivity contribution is -0.276. The summed E-state index contributed by atoms with van der Waals surface area (Å²) < 4.78 is 6.48. The number of fused-ring (bicyclic) bond motifs is 2. The van der Waals surface area contributed by atoms with E-state index in [0.29, 0.717) is 23.5 Å². The molecule has 4 saturated carbocycles. The van der Waals surface area contributed by atoms with Gasteiger partial charge in [0, 0.05) is 23.9 Å². The number of rotatable bonds is 0. The van der Waals surface area contributed by atoms with E-state index in [0.717, 1.165) is 24.6 Å². The second-order valence-electron chi connectivity index (χ2n) is 10.6. The third kappa shape index (κ3) is 1.62. The van der Waals surface area contributed by atoms with Crippen molar-refractivity contribution in [1.82, 2.24) is 4.90 Å². The van der Waals surface area contributed by atoms with Crippen LogP contribution in [0.5, 0.6) is 0 Å². The Morgan fingerprint density at radius 1 is 1.16 bits per heavy atom. The Labute approximate surface area is 151 Å². The zero-order valence-corrected chi connectivity index (χ0v) is 15.7. The molecule has 8 atom stereocenters. The molecule has 138 valence electrons. The largest absolute Gasteiger partial charge is 0.388 e. The monoisotopic (exact) mass is 343 g/mol. The van der Waals surface area contributed by atoms with E-state index >= 15 is 0 Å². The van der Waals surface area contributed by atoms with Gasteiger partial charge in [-0.25, -0.2) is 0 Å². The van der Waals surface area contributed by atoms with Gasteiger partial charge in [0.05, 0.1) is 12.7 Å². The van der Waals surface area contributed by atoms with Crippen LogP contribution in [0.2, 0.25) is 0 Å². The van der Waals surface area contributed by atoms with Gasteiger partial charge in [0.1, 0.15) is 6.23 Å². The predicted octanol–water partition coefficient (Wildman–Crippen LogP) is 3.58. The molecule has 2 saturated heterocycles. The highest BCUT2D eigenvalue weighted by atomic mass is 16.5. The zero-order chi connectivity index (χ0) is 17.0. The van der Waals surface area contributed by atoms with E-state index in [-0.39, 0.29) is 16.9 Å². The Morgan fingerprint density at radius 3 is 2.92 bits per heavy atom. The molecule has 2 aliphatic heterocycles. The first kappa shape index (κ1) is 15.7. The number of aliphatic hydroxyl groups excluding tert-OH is 1. The molecule has 3 nitrogen and oxygen atoms in total. The van der Waals surface area contributed by atoms with Crippen LogP contribution in [0.15, 0.2) is 12.2 Å². The molecule has 25 heavy (non-hydrogen) atoms. The van der Waals surface area contributed by atoms with Crippen molar-refractivity contribution in [2.24, 2.45) is 34.0 Å². The number of hydrogen-bond donors (Lipinski definition) is 1. The van der Waals surface area contributed by atoms with Crippen LogP contribution in [0.1, 0.15) is 58.3 Å². The van der Waals surface area contributed by atoms with Crippen LogP contribution in [-0.2, 0) is 4.74 Å². The van der Waals surface area contributed by atoms with E-state index in [9.17, 15) is 5.11 Å². The summed E-state index contributed by atoms with van der Waals surface area (Å²) in [5.41, 5.74) is 2.03. The van der Waals surface area contributed by atoms with E-state index < -0.39 is 0 Å². The molecular weight excluding hydrogens is 310 g/mol. The van der Waals surface area contributed by atoms with Gasteiger partial charge in [-0.2, -0.15) is 0 Å². The Morgan fingerprint density at radius 2 is 2.04 bits per heavy atom. The van der Waals surface area contributed by atoms with Crippen LogP contribution in [0.25, 0.3) is 0 Å². The SMILES string of the molecule is C=C1C2CCC3C(CCC4[C@@]5(C)CCC[C@@]34[C@@H]3OCCN3C5)(C2)[C@H]1O. The van der Waals surface area contributed by atoms with E-state index in [1.807, 2.05) is 0 Å². The first-order chi connectivity index (χ1) is 12.0. The molecular formula is C22H33NO2. The lowest BCUT2D eigenvalue weighted by Gasteiger charge is -2.70. The van der Waals surface area contributed by atoms with Crippen LogP contribution < -0.4 is 0 Å². The van der Waals surface area contributed by atoms with Gasteiger partial charge in [-0.3, -0.25) is 4.90 Å². The summed E-state index contributed by atoms with van der Waals surface area (Å²) in [5, 5.41) is 11.3. The fourth-order valence-corrected chi connectivity index (χ4v) is 9.31. The van der Waals surface area contributed by atoms with Crippen molar-refractivity contribution in [3.05, 3.63) is 12.2 Å². The molecule has 1 N–H and O–H groups in total. The minimum Gasteiger partial charge on any atom is -0.388 e. The van der Waals surface area contributed by atoms with Gasteiger partial charge in [-0.05, 0) is 73.7 Å². The maximum Gasteiger partial charge on any atom is 0.117 e. The summed E-state index contributed by atoms with van der Waals surface area (Å²) in [7, 11) is 0. The minimum absolute atomic E-state index is 0.115. The molecule has 0 aromatic heterocycles. The summed E-state index contributed by atoms with van der Waals surface area (Å²) in [6, 6.07) is 0. The minimum atomic E-state index is -0.259. The van der Waals surface area contributed by atoms with Gasteiger partial charge in [0.25, 0.3) is 0 Å². The van der Waals surface area contributed by atoms with Gasteiger partial charge in [0.15, 0.2) is 0 Å². The van der Waals surface area contributed by atoms with Gasteiger partial charge in [-0.1, -0.05) is 19.9 Å². The number of hydrogen-bond acceptors (Lipinski definition) is 3. The van der Waals surface area contributed by atoms with Crippen molar-refractivity contribution in [2.45, 2.75) is 70.6 Å². The highest BCUT2D eigenvalue weighted by Gasteiger charge is 2.73. The van der Waals surface area contributed by atoms with Crippen molar-refractivity contribution < 1.29 is 9.84 Å².